The molecule has 1 aliphatic heterocycles. The van der Waals surface area contributed by atoms with Gasteiger partial charge in [0.25, 0.3) is 11.5 Å². The first-order valence-electron chi connectivity index (χ1n) is 9.58. The predicted octanol–water partition coefficient (Wildman–Crippen LogP) is 2.49. The van der Waals surface area contributed by atoms with Crippen LogP contribution >= 0.6 is 11.3 Å². The van der Waals surface area contributed by atoms with E-state index in [1.54, 1.807) is 17.5 Å². The molecule has 4 rings (SSSR count). The Hall–Kier alpha value is -2.45. The summed E-state index contributed by atoms with van der Waals surface area (Å²) in [6.45, 7) is 3.51. The van der Waals surface area contributed by atoms with E-state index in [9.17, 15) is 9.59 Å². The van der Waals surface area contributed by atoms with Crippen molar-refractivity contribution in [3.8, 4) is 0 Å². The summed E-state index contributed by atoms with van der Waals surface area (Å²) in [6, 6.07) is 5.79. The van der Waals surface area contributed by atoms with E-state index >= 15 is 0 Å². The van der Waals surface area contributed by atoms with Gasteiger partial charge in [0.1, 0.15) is 5.69 Å². The lowest BCUT2D eigenvalue weighted by molar-refractivity contribution is 0.0952. The Morgan fingerprint density at radius 3 is 2.96 bits per heavy atom. The number of aromatic nitrogens is 3. The zero-order chi connectivity index (χ0) is 19.8. The molecular formula is C20H25N5O2S. The highest BCUT2D eigenvalue weighted by Gasteiger charge is 2.28. The van der Waals surface area contributed by atoms with Crippen LogP contribution in [0.2, 0.25) is 0 Å². The molecule has 28 heavy (non-hydrogen) atoms. The van der Waals surface area contributed by atoms with Gasteiger partial charge in [-0.2, -0.15) is 0 Å². The molecule has 1 amide bonds. The van der Waals surface area contributed by atoms with Gasteiger partial charge in [0.05, 0.1) is 11.7 Å². The van der Waals surface area contributed by atoms with E-state index in [0.29, 0.717) is 12.2 Å². The maximum Gasteiger partial charge on any atom is 0.267 e. The van der Waals surface area contributed by atoms with Gasteiger partial charge in [-0.05, 0) is 38.4 Å². The summed E-state index contributed by atoms with van der Waals surface area (Å²) in [5.41, 5.74) is 3.50. The van der Waals surface area contributed by atoms with Crippen molar-refractivity contribution in [1.82, 2.24) is 24.2 Å². The minimum atomic E-state index is -0.0793. The number of nitrogens with zero attached hydrogens (tertiary/aromatic N) is 4. The molecule has 1 N–H and O–H groups in total. The minimum Gasteiger partial charge on any atom is -0.354 e. The first-order chi connectivity index (χ1) is 13.5. The summed E-state index contributed by atoms with van der Waals surface area (Å²) < 4.78 is 3.64. The van der Waals surface area contributed by atoms with E-state index in [4.69, 9.17) is 4.98 Å². The number of likely N-dealkylation sites (tertiary alicyclic amines) is 1. The highest BCUT2D eigenvalue weighted by atomic mass is 32.1. The Balaban J connectivity index is 1.64. The number of rotatable bonds is 4. The summed E-state index contributed by atoms with van der Waals surface area (Å²) in [6.07, 6.45) is 3.31. The predicted molar refractivity (Wildman–Crippen MR) is 110 cm³/mol. The molecule has 7 nitrogen and oxygen atoms in total. The van der Waals surface area contributed by atoms with Crippen molar-refractivity contribution in [2.24, 2.45) is 7.05 Å². The van der Waals surface area contributed by atoms with Crippen molar-refractivity contribution in [3.63, 3.8) is 0 Å². The lowest BCUT2D eigenvalue weighted by Crippen LogP contribution is -2.35. The molecule has 1 aliphatic rings. The summed E-state index contributed by atoms with van der Waals surface area (Å²) in [5, 5.41) is 4.66. The second-order valence-corrected chi connectivity index (χ2v) is 8.18. The minimum absolute atomic E-state index is 0.0203. The number of hydrogen-bond donors (Lipinski definition) is 1. The Morgan fingerprint density at radius 1 is 1.36 bits per heavy atom. The first-order valence-corrected chi connectivity index (χ1v) is 10.5. The number of carbonyl (C=O) groups is 1. The third-order valence-electron chi connectivity index (χ3n) is 5.57. The first kappa shape index (κ1) is 18.9. The molecule has 3 aromatic heterocycles. The van der Waals surface area contributed by atoms with Gasteiger partial charge in [-0.15, -0.1) is 11.3 Å². The fourth-order valence-electron chi connectivity index (χ4n) is 4.12. The van der Waals surface area contributed by atoms with Gasteiger partial charge in [0.15, 0.2) is 4.96 Å². The van der Waals surface area contributed by atoms with Gasteiger partial charge in [-0.25, -0.2) is 4.98 Å². The van der Waals surface area contributed by atoms with Crippen molar-refractivity contribution in [1.29, 1.82) is 0 Å². The second-order valence-electron chi connectivity index (χ2n) is 7.34. The quantitative estimate of drug-likeness (QED) is 0.732. The van der Waals surface area contributed by atoms with Crippen LogP contribution < -0.4 is 10.9 Å². The van der Waals surface area contributed by atoms with Crippen molar-refractivity contribution in [2.45, 2.75) is 38.8 Å². The summed E-state index contributed by atoms with van der Waals surface area (Å²) in [5.74, 6) is -0.0793. The van der Waals surface area contributed by atoms with Gasteiger partial charge >= 0.3 is 0 Å². The Bertz CT molecular complexity index is 1080. The maximum absolute atomic E-state index is 12.5. The molecule has 0 aromatic carbocycles. The molecule has 1 saturated heterocycles. The van der Waals surface area contributed by atoms with E-state index in [-0.39, 0.29) is 17.5 Å². The van der Waals surface area contributed by atoms with Gasteiger partial charge < -0.3 is 9.88 Å². The highest BCUT2D eigenvalue weighted by molar-refractivity contribution is 7.15. The van der Waals surface area contributed by atoms with Gasteiger partial charge in [-0.3, -0.25) is 18.9 Å². The van der Waals surface area contributed by atoms with Crippen LogP contribution in [0.3, 0.4) is 0 Å². The van der Waals surface area contributed by atoms with Crippen molar-refractivity contribution in [2.75, 3.05) is 13.6 Å². The average Bonchev–Trinajstić information content (AvgIpc) is 3.25. The number of hydrogen-bond acceptors (Lipinski definition) is 5. The van der Waals surface area contributed by atoms with Crippen molar-refractivity contribution in [3.05, 3.63) is 56.7 Å². The van der Waals surface area contributed by atoms with Crippen LogP contribution in [0.1, 0.15) is 52.9 Å². The summed E-state index contributed by atoms with van der Waals surface area (Å²) >= 11 is 1.50. The molecular weight excluding hydrogens is 374 g/mol. The van der Waals surface area contributed by atoms with Crippen LogP contribution in [0.5, 0.6) is 0 Å². The van der Waals surface area contributed by atoms with Crippen molar-refractivity contribution >= 4 is 22.2 Å². The van der Waals surface area contributed by atoms with E-state index in [2.05, 4.69) is 10.2 Å². The molecule has 4 heterocycles. The van der Waals surface area contributed by atoms with Gasteiger partial charge in [0, 0.05) is 43.5 Å². The SMILES string of the molecule is CNC(=O)c1ccc(C2CCCCN2Cc2cc(=O)n3c(C)csc3n2)n1C. The third kappa shape index (κ3) is 3.27. The molecule has 0 radical (unpaired) electrons. The highest BCUT2D eigenvalue weighted by Crippen LogP contribution is 2.32. The van der Waals surface area contributed by atoms with Crippen LogP contribution in [0, 0.1) is 6.92 Å². The number of carbonyl (C=O) groups excluding carboxylic acids is 1. The fraction of sp³-hybridized carbons (Fsp3) is 0.450. The maximum atomic E-state index is 12.5. The third-order valence-corrected chi connectivity index (χ3v) is 6.51. The zero-order valence-electron chi connectivity index (χ0n) is 16.4. The summed E-state index contributed by atoms with van der Waals surface area (Å²) in [4.78, 5) is 32.4. The number of amides is 1. The molecule has 0 bridgehead atoms. The van der Waals surface area contributed by atoms with E-state index in [1.807, 2.05) is 36.1 Å². The van der Waals surface area contributed by atoms with E-state index in [1.165, 1.54) is 11.3 Å². The molecule has 0 spiro atoms. The number of thiazole rings is 1. The molecule has 1 atom stereocenters. The molecule has 3 aromatic rings. The number of nitrogens with one attached hydrogen (secondary N) is 1. The van der Waals surface area contributed by atoms with Gasteiger partial charge in [0.2, 0.25) is 0 Å². The molecule has 0 aliphatic carbocycles. The zero-order valence-corrected chi connectivity index (χ0v) is 17.3. The van der Waals surface area contributed by atoms with E-state index < -0.39 is 0 Å². The van der Waals surface area contributed by atoms with Crippen LogP contribution in [0.4, 0.5) is 0 Å². The lowest BCUT2D eigenvalue weighted by atomic mass is 9.99. The Morgan fingerprint density at radius 2 is 2.18 bits per heavy atom. The number of aryl methyl sites for hydroxylation is 1. The number of fused-ring (bicyclic) bond motifs is 1. The lowest BCUT2D eigenvalue weighted by Gasteiger charge is -2.36. The normalized spacial score (nSPS) is 17.9. The Labute approximate surface area is 167 Å². The Kier molecular flexibility index (Phi) is 5.07. The standard InChI is InChI=1S/C20H25N5O2S/c1-13-12-28-20-22-14(10-18(26)25(13)20)11-24-9-5-4-6-16(24)15-7-8-17(23(15)3)19(27)21-2/h7-8,10,12,16H,4-6,9,11H2,1-3H3,(H,21,27). The van der Waals surface area contributed by atoms with Crippen LogP contribution in [-0.4, -0.2) is 38.4 Å². The molecule has 148 valence electrons. The van der Waals surface area contributed by atoms with Crippen molar-refractivity contribution < 1.29 is 4.79 Å². The molecule has 1 unspecified atom stereocenters. The monoisotopic (exact) mass is 399 g/mol. The average molecular weight is 400 g/mol. The topological polar surface area (TPSA) is 71.6 Å². The summed E-state index contributed by atoms with van der Waals surface area (Å²) in [7, 11) is 3.59. The molecule has 0 saturated carbocycles. The smallest absolute Gasteiger partial charge is 0.267 e. The number of piperidine rings is 1. The second kappa shape index (κ2) is 7.52. The van der Waals surface area contributed by atoms with Crippen LogP contribution in [0.15, 0.2) is 28.4 Å². The molecule has 1 fully saturated rings. The van der Waals surface area contributed by atoms with Gasteiger partial charge in [-0.1, -0.05) is 6.42 Å². The van der Waals surface area contributed by atoms with Crippen LogP contribution in [0.25, 0.3) is 4.96 Å². The van der Waals surface area contributed by atoms with Crippen LogP contribution in [-0.2, 0) is 13.6 Å². The molecule has 8 heteroatoms. The largest absolute Gasteiger partial charge is 0.354 e. The fourth-order valence-corrected chi connectivity index (χ4v) is 5.01. The van der Waals surface area contributed by atoms with E-state index in [0.717, 1.165) is 47.8 Å².